The van der Waals surface area contributed by atoms with Gasteiger partial charge in [-0.3, -0.25) is 0 Å². The molecule has 1 fully saturated rings. The molecule has 0 atom stereocenters. The molecule has 0 spiro atoms. The van der Waals surface area contributed by atoms with E-state index in [1.54, 1.807) is 25.1 Å². The van der Waals surface area contributed by atoms with Gasteiger partial charge in [0.15, 0.2) is 23.3 Å². The Labute approximate surface area is 195 Å². The smallest absolute Gasteiger partial charge is 0.317 e. The highest BCUT2D eigenvalue weighted by atomic mass is 19.2. The lowest BCUT2D eigenvalue weighted by Crippen LogP contribution is -2.41. The number of amides is 2. The zero-order valence-electron chi connectivity index (χ0n) is 18.9. The first-order chi connectivity index (χ1) is 16.4. The van der Waals surface area contributed by atoms with Crippen molar-refractivity contribution in [3.8, 4) is 17.1 Å². The normalized spacial score (nSPS) is 14.1. The Bertz CT molecular complexity index is 1180. The predicted octanol–water partition coefficient (Wildman–Crippen LogP) is 4.50. The van der Waals surface area contributed by atoms with Crippen LogP contribution in [0.5, 0.6) is 5.75 Å². The number of benzene rings is 2. The summed E-state index contributed by atoms with van der Waals surface area (Å²) in [6, 6.07) is 6.73. The molecular formula is C24H25F3N4O3. The summed E-state index contributed by atoms with van der Waals surface area (Å²) in [6.45, 7) is 3.68. The fraction of sp³-hybridized carbons (Fsp3) is 0.333. The van der Waals surface area contributed by atoms with E-state index in [1.807, 2.05) is 18.2 Å². The van der Waals surface area contributed by atoms with Crippen LogP contribution in [0.1, 0.15) is 17.9 Å². The van der Waals surface area contributed by atoms with Crippen LogP contribution in [0, 0.1) is 24.4 Å². The first-order valence-corrected chi connectivity index (χ1v) is 10.9. The van der Waals surface area contributed by atoms with Crippen molar-refractivity contribution < 1.29 is 27.1 Å². The summed E-state index contributed by atoms with van der Waals surface area (Å²) in [5.74, 6) is -1.51. The number of nitrogens with one attached hydrogen (secondary N) is 1. The lowest BCUT2D eigenvalue weighted by molar-refractivity contribution is 0.201. The number of anilines is 1. The van der Waals surface area contributed by atoms with E-state index in [0.717, 1.165) is 23.9 Å². The first kappa shape index (κ1) is 23.5. The highest BCUT2D eigenvalue weighted by Crippen LogP contribution is 2.34. The average molecular weight is 474 g/mol. The van der Waals surface area contributed by atoms with Crippen LogP contribution in [0.15, 0.2) is 40.9 Å². The molecule has 2 heterocycles. The number of halogens is 3. The molecule has 4 rings (SSSR count). The summed E-state index contributed by atoms with van der Waals surface area (Å²) in [7, 11) is 1.59. The summed E-state index contributed by atoms with van der Waals surface area (Å²) in [6.07, 6.45) is 2.36. The first-order valence-electron chi connectivity index (χ1n) is 10.9. The fourth-order valence-corrected chi connectivity index (χ4v) is 3.97. The van der Waals surface area contributed by atoms with Crippen LogP contribution in [0.3, 0.4) is 0 Å². The molecule has 34 heavy (non-hydrogen) atoms. The summed E-state index contributed by atoms with van der Waals surface area (Å²) >= 11 is 0. The van der Waals surface area contributed by atoms with E-state index < -0.39 is 23.5 Å². The molecule has 0 aliphatic carbocycles. The maximum Gasteiger partial charge on any atom is 0.317 e. The third-order valence-electron chi connectivity index (χ3n) is 5.72. The van der Waals surface area contributed by atoms with E-state index in [-0.39, 0.29) is 12.1 Å². The van der Waals surface area contributed by atoms with Gasteiger partial charge in [0.25, 0.3) is 0 Å². The number of oxazole rings is 1. The zero-order valence-corrected chi connectivity index (χ0v) is 18.9. The van der Waals surface area contributed by atoms with Crippen LogP contribution in [0.4, 0.5) is 23.7 Å². The minimum atomic E-state index is -1.28. The van der Waals surface area contributed by atoms with Crippen molar-refractivity contribution in [2.75, 3.05) is 38.2 Å². The molecule has 1 saturated heterocycles. The molecule has 180 valence electrons. The predicted molar refractivity (Wildman–Crippen MR) is 120 cm³/mol. The number of hydrogen-bond acceptors (Lipinski definition) is 5. The Morgan fingerprint density at radius 2 is 1.97 bits per heavy atom. The molecule has 0 unspecified atom stereocenters. The number of aryl methyl sites for hydroxylation is 1. The Kier molecular flexibility index (Phi) is 6.95. The van der Waals surface area contributed by atoms with Gasteiger partial charge in [-0.1, -0.05) is 0 Å². The summed E-state index contributed by atoms with van der Waals surface area (Å²) < 4.78 is 51.8. The Morgan fingerprint density at radius 3 is 2.71 bits per heavy atom. The summed E-state index contributed by atoms with van der Waals surface area (Å²) in [5.41, 5.74) is 1.50. The maximum absolute atomic E-state index is 13.8. The molecule has 1 aliphatic heterocycles. The topological polar surface area (TPSA) is 70.8 Å². The van der Waals surface area contributed by atoms with E-state index in [4.69, 9.17) is 9.15 Å². The second-order valence-corrected chi connectivity index (χ2v) is 7.98. The van der Waals surface area contributed by atoms with Gasteiger partial charge in [-0.05, 0) is 24.6 Å². The molecule has 2 amide bonds. The molecule has 1 aromatic heterocycles. The van der Waals surface area contributed by atoms with Crippen molar-refractivity contribution >= 4 is 11.7 Å². The number of aromatic nitrogens is 1. The van der Waals surface area contributed by atoms with Gasteiger partial charge in [0.2, 0.25) is 0 Å². The maximum atomic E-state index is 13.8. The molecule has 1 aliphatic rings. The second kappa shape index (κ2) is 10.1. The van der Waals surface area contributed by atoms with E-state index >= 15 is 0 Å². The van der Waals surface area contributed by atoms with Gasteiger partial charge in [-0.25, -0.2) is 22.9 Å². The quantitative estimate of drug-likeness (QED) is 0.552. The van der Waals surface area contributed by atoms with Crippen LogP contribution in [-0.2, 0) is 6.54 Å². The number of carbonyl (C=O) groups excluding carboxylic acids is 1. The van der Waals surface area contributed by atoms with Gasteiger partial charge in [-0.15, -0.1) is 0 Å². The van der Waals surface area contributed by atoms with Gasteiger partial charge in [-0.2, -0.15) is 0 Å². The monoisotopic (exact) mass is 474 g/mol. The highest BCUT2D eigenvalue weighted by molar-refractivity contribution is 5.74. The third-order valence-corrected chi connectivity index (χ3v) is 5.72. The van der Waals surface area contributed by atoms with Crippen molar-refractivity contribution in [2.24, 2.45) is 0 Å². The van der Waals surface area contributed by atoms with Crippen molar-refractivity contribution in [3.63, 3.8) is 0 Å². The lowest BCUT2D eigenvalue weighted by atomic mass is 10.1. The third kappa shape index (κ3) is 5.11. The van der Waals surface area contributed by atoms with Crippen molar-refractivity contribution in [1.29, 1.82) is 0 Å². The summed E-state index contributed by atoms with van der Waals surface area (Å²) in [4.78, 5) is 20.5. The van der Waals surface area contributed by atoms with Crippen molar-refractivity contribution in [2.45, 2.75) is 19.9 Å². The number of hydrogen-bond donors (Lipinski definition) is 1. The van der Waals surface area contributed by atoms with E-state index in [2.05, 4.69) is 15.2 Å². The molecule has 1 N–H and O–H groups in total. The van der Waals surface area contributed by atoms with Gasteiger partial charge in [0, 0.05) is 63.0 Å². The number of ether oxygens (including phenoxy) is 1. The SMILES string of the molecule is COc1cc(N2CCCN(C(=O)NCc3cc(F)cc(F)c3F)CC2)ccc1-c1cnc(C)o1. The van der Waals surface area contributed by atoms with Gasteiger partial charge in [0.05, 0.1) is 18.9 Å². The van der Waals surface area contributed by atoms with Crippen LogP contribution in [-0.4, -0.2) is 49.2 Å². The number of methoxy groups -OCH3 is 1. The Balaban J connectivity index is 1.39. The number of urea groups is 1. The highest BCUT2D eigenvalue weighted by Gasteiger charge is 2.21. The van der Waals surface area contributed by atoms with Gasteiger partial charge in [0.1, 0.15) is 11.6 Å². The zero-order chi connectivity index (χ0) is 24.2. The molecule has 0 saturated carbocycles. The van der Waals surface area contributed by atoms with E-state index in [9.17, 15) is 18.0 Å². The molecular weight excluding hydrogens is 449 g/mol. The lowest BCUT2D eigenvalue weighted by Gasteiger charge is -2.24. The van der Waals surface area contributed by atoms with Gasteiger partial charge >= 0.3 is 6.03 Å². The van der Waals surface area contributed by atoms with E-state index in [0.29, 0.717) is 49.5 Å². The molecule has 0 bridgehead atoms. The standard InChI is InChI=1S/C24H25F3N4O3/c1-15-28-14-22(34-15)19-5-4-18(12-21(19)33-2)30-6-3-7-31(9-8-30)24(32)29-13-16-10-17(25)11-20(26)23(16)27/h4-5,10-12,14H,3,6-9,13H2,1-2H3,(H,29,32). The number of carbonyl (C=O) groups is 1. The molecule has 0 radical (unpaired) electrons. The molecule has 10 heteroatoms. The molecule has 7 nitrogen and oxygen atoms in total. The molecule has 2 aromatic carbocycles. The van der Waals surface area contributed by atoms with Crippen molar-refractivity contribution in [3.05, 3.63) is 65.4 Å². The minimum Gasteiger partial charge on any atom is -0.496 e. The molecule has 3 aromatic rings. The largest absolute Gasteiger partial charge is 0.496 e. The van der Waals surface area contributed by atoms with E-state index in [1.165, 1.54) is 0 Å². The Hall–Kier alpha value is -3.69. The van der Waals surface area contributed by atoms with Crippen LogP contribution in [0.2, 0.25) is 0 Å². The summed E-state index contributed by atoms with van der Waals surface area (Å²) in [5, 5.41) is 2.55. The average Bonchev–Trinajstić information content (AvgIpc) is 3.10. The van der Waals surface area contributed by atoms with Crippen LogP contribution < -0.4 is 15.0 Å². The Morgan fingerprint density at radius 1 is 1.15 bits per heavy atom. The van der Waals surface area contributed by atoms with Crippen molar-refractivity contribution in [1.82, 2.24) is 15.2 Å². The fourth-order valence-electron chi connectivity index (χ4n) is 3.97. The van der Waals surface area contributed by atoms with Gasteiger partial charge < -0.3 is 24.3 Å². The number of nitrogens with zero attached hydrogens (tertiary/aromatic N) is 3. The minimum absolute atomic E-state index is 0.239. The van der Waals surface area contributed by atoms with Crippen LogP contribution >= 0.6 is 0 Å². The van der Waals surface area contributed by atoms with Crippen LogP contribution in [0.25, 0.3) is 11.3 Å². The number of rotatable bonds is 5. The second-order valence-electron chi connectivity index (χ2n) is 7.98.